The standard InChI is InChI=1S/C17H20ClN3O2/c18-15-4-2-1-3-14(15)17-20-19-16(23-17)10-21(13-5-6-13)9-12-7-8-22-11-12/h1-4,12-13H,5-11H2/t12-/m1/s1. The lowest BCUT2D eigenvalue weighted by Gasteiger charge is -2.22. The van der Waals surface area contributed by atoms with E-state index in [-0.39, 0.29) is 0 Å². The minimum Gasteiger partial charge on any atom is -0.419 e. The number of ether oxygens (including phenoxy) is 1. The molecule has 1 aliphatic heterocycles. The van der Waals surface area contributed by atoms with Crippen LogP contribution in [0.25, 0.3) is 11.5 Å². The number of benzene rings is 1. The second-order valence-corrected chi connectivity index (χ2v) is 6.78. The molecular weight excluding hydrogens is 314 g/mol. The summed E-state index contributed by atoms with van der Waals surface area (Å²) < 4.78 is 11.3. The molecule has 1 saturated heterocycles. The van der Waals surface area contributed by atoms with Gasteiger partial charge in [-0.25, -0.2) is 0 Å². The van der Waals surface area contributed by atoms with E-state index in [4.69, 9.17) is 20.8 Å². The lowest BCUT2D eigenvalue weighted by molar-refractivity contribution is 0.156. The van der Waals surface area contributed by atoms with E-state index >= 15 is 0 Å². The van der Waals surface area contributed by atoms with Gasteiger partial charge in [0.15, 0.2) is 0 Å². The van der Waals surface area contributed by atoms with Crippen LogP contribution in [0, 0.1) is 5.92 Å². The molecule has 1 aliphatic carbocycles. The predicted molar refractivity (Wildman–Crippen MR) is 87.1 cm³/mol. The van der Waals surface area contributed by atoms with Crippen molar-refractivity contribution in [1.82, 2.24) is 15.1 Å². The molecule has 122 valence electrons. The first-order chi connectivity index (χ1) is 11.3. The lowest BCUT2D eigenvalue weighted by Crippen LogP contribution is -2.31. The van der Waals surface area contributed by atoms with Gasteiger partial charge < -0.3 is 9.15 Å². The summed E-state index contributed by atoms with van der Waals surface area (Å²) in [5.74, 6) is 1.78. The van der Waals surface area contributed by atoms with E-state index in [0.29, 0.717) is 35.3 Å². The highest BCUT2D eigenvalue weighted by Crippen LogP contribution is 2.31. The van der Waals surface area contributed by atoms with Crippen molar-refractivity contribution in [1.29, 1.82) is 0 Å². The van der Waals surface area contributed by atoms with Crippen molar-refractivity contribution in [3.05, 3.63) is 35.2 Å². The largest absolute Gasteiger partial charge is 0.419 e. The van der Waals surface area contributed by atoms with Crippen LogP contribution in [0.1, 0.15) is 25.2 Å². The van der Waals surface area contributed by atoms with Crippen molar-refractivity contribution in [3.63, 3.8) is 0 Å². The van der Waals surface area contributed by atoms with Crippen molar-refractivity contribution in [2.45, 2.75) is 31.8 Å². The molecule has 2 heterocycles. The van der Waals surface area contributed by atoms with Gasteiger partial charge in [0.1, 0.15) is 0 Å². The first kappa shape index (κ1) is 15.1. The fourth-order valence-corrected chi connectivity index (χ4v) is 3.29. The van der Waals surface area contributed by atoms with Crippen LogP contribution in [0.3, 0.4) is 0 Å². The smallest absolute Gasteiger partial charge is 0.249 e. The molecule has 1 saturated carbocycles. The van der Waals surface area contributed by atoms with Crippen LogP contribution in [0.2, 0.25) is 5.02 Å². The topological polar surface area (TPSA) is 51.4 Å². The predicted octanol–water partition coefficient (Wildman–Crippen LogP) is 3.39. The molecule has 2 fully saturated rings. The number of nitrogens with zero attached hydrogens (tertiary/aromatic N) is 3. The molecule has 23 heavy (non-hydrogen) atoms. The summed E-state index contributed by atoms with van der Waals surface area (Å²) in [6.45, 7) is 3.52. The summed E-state index contributed by atoms with van der Waals surface area (Å²) in [6, 6.07) is 8.20. The Hall–Kier alpha value is -1.43. The first-order valence-electron chi connectivity index (χ1n) is 8.18. The molecular formula is C17H20ClN3O2. The monoisotopic (exact) mass is 333 g/mol. The Labute approximate surface area is 140 Å². The molecule has 4 rings (SSSR count). The van der Waals surface area contributed by atoms with Crippen LogP contribution in [0.15, 0.2) is 28.7 Å². The van der Waals surface area contributed by atoms with Crippen LogP contribution in [-0.4, -0.2) is 40.9 Å². The third kappa shape index (κ3) is 3.57. The van der Waals surface area contributed by atoms with Gasteiger partial charge in [-0.3, -0.25) is 4.90 Å². The van der Waals surface area contributed by atoms with Gasteiger partial charge in [0.2, 0.25) is 11.8 Å². The number of hydrogen-bond donors (Lipinski definition) is 0. The van der Waals surface area contributed by atoms with E-state index in [1.807, 2.05) is 24.3 Å². The number of hydrogen-bond acceptors (Lipinski definition) is 5. The van der Waals surface area contributed by atoms with Crippen LogP contribution in [0.4, 0.5) is 0 Å². The first-order valence-corrected chi connectivity index (χ1v) is 8.56. The highest BCUT2D eigenvalue weighted by Gasteiger charge is 2.32. The molecule has 0 amide bonds. The third-order valence-electron chi connectivity index (χ3n) is 4.49. The zero-order valence-electron chi connectivity index (χ0n) is 12.9. The summed E-state index contributed by atoms with van der Waals surface area (Å²) in [5.41, 5.74) is 0.787. The number of aromatic nitrogens is 2. The van der Waals surface area contributed by atoms with Crippen molar-refractivity contribution in [3.8, 4) is 11.5 Å². The Bertz CT molecular complexity index is 665. The summed E-state index contributed by atoms with van der Waals surface area (Å²) >= 11 is 6.20. The van der Waals surface area contributed by atoms with Crippen LogP contribution >= 0.6 is 11.6 Å². The fraction of sp³-hybridized carbons (Fsp3) is 0.529. The number of rotatable bonds is 6. The maximum absolute atomic E-state index is 6.20. The van der Waals surface area contributed by atoms with E-state index < -0.39 is 0 Å². The summed E-state index contributed by atoms with van der Waals surface area (Å²) in [5, 5.41) is 9.00. The van der Waals surface area contributed by atoms with Crippen LogP contribution in [-0.2, 0) is 11.3 Å². The van der Waals surface area contributed by atoms with E-state index in [1.165, 1.54) is 12.8 Å². The molecule has 2 aromatic rings. The quantitative estimate of drug-likeness (QED) is 0.811. The van der Waals surface area contributed by atoms with Crippen molar-refractivity contribution >= 4 is 11.6 Å². The van der Waals surface area contributed by atoms with Crippen LogP contribution in [0.5, 0.6) is 0 Å². The van der Waals surface area contributed by atoms with E-state index in [9.17, 15) is 0 Å². The second-order valence-electron chi connectivity index (χ2n) is 6.37. The minimum atomic E-state index is 0.491. The molecule has 1 aromatic heterocycles. The molecule has 0 spiro atoms. The second kappa shape index (κ2) is 6.59. The zero-order valence-corrected chi connectivity index (χ0v) is 13.7. The normalized spacial score (nSPS) is 21.2. The van der Waals surface area contributed by atoms with E-state index in [0.717, 1.165) is 31.7 Å². The van der Waals surface area contributed by atoms with E-state index in [1.54, 1.807) is 0 Å². The average molecular weight is 334 g/mol. The summed E-state index contributed by atoms with van der Waals surface area (Å²) in [4.78, 5) is 2.46. The Morgan fingerprint density at radius 1 is 1.17 bits per heavy atom. The minimum absolute atomic E-state index is 0.491. The highest BCUT2D eigenvalue weighted by molar-refractivity contribution is 6.33. The molecule has 0 radical (unpaired) electrons. The maximum Gasteiger partial charge on any atom is 0.249 e. The van der Waals surface area contributed by atoms with E-state index in [2.05, 4.69) is 15.1 Å². The lowest BCUT2D eigenvalue weighted by atomic mass is 10.1. The summed E-state index contributed by atoms with van der Waals surface area (Å²) in [6.07, 6.45) is 3.68. The van der Waals surface area contributed by atoms with Gasteiger partial charge in [-0.15, -0.1) is 10.2 Å². The summed E-state index contributed by atoms with van der Waals surface area (Å²) in [7, 11) is 0. The van der Waals surface area contributed by atoms with Gasteiger partial charge in [-0.1, -0.05) is 23.7 Å². The molecule has 0 N–H and O–H groups in total. The molecule has 6 heteroatoms. The van der Waals surface area contributed by atoms with Gasteiger partial charge in [-0.05, 0) is 37.3 Å². The van der Waals surface area contributed by atoms with Gasteiger partial charge >= 0.3 is 0 Å². The Kier molecular flexibility index (Phi) is 4.33. The fourth-order valence-electron chi connectivity index (χ4n) is 3.08. The molecule has 2 aliphatic rings. The van der Waals surface area contributed by atoms with Crippen molar-refractivity contribution < 1.29 is 9.15 Å². The van der Waals surface area contributed by atoms with Crippen molar-refractivity contribution in [2.75, 3.05) is 19.8 Å². The molecule has 0 bridgehead atoms. The van der Waals surface area contributed by atoms with Gasteiger partial charge in [0.05, 0.1) is 23.7 Å². The molecule has 0 unspecified atom stereocenters. The van der Waals surface area contributed by atoms with Gasteiger partial charge in [0.25, 0.3) is 0 Å². The third-order valence-corrected chi connectivity index (χ3v) is 4.82. The van der Waals surface area contributed by atoms with Gasteiger partial charge in [-0.2, -0.15) is 0 Å². The Morgan fingerprint density at radius 2 is 2.04 bits per heavy atom. The SMILES string of the molecule is Clc1ccccc1-c1nnc(CN(C[C@H]2CCOC2)C2CC2)o1. The molecule has 1 atom stereocenters. The molecule has 1 aromatic carbocycles. The average Bonchev–Trinajstić information content (AvgIpc) is 3.08. The van der Waals surface area contributed by atoms with Crippen LogP contribution < -0.4 is 0 Å². The Morgan fingerprint density at radius 3 is 2.78 bits per heavy atom. The zero-order chi connectivity index (χ0) is 15.6. The van der Waals surface area contributed by atoms with Gasteiger partial charge in [0, 0.05) is 19.2 Å². The number of halogens is 1. The Balaban J connectivity index is 1.46. The highest BCUT2D eigenvalue weighted by atomic mass is 35.5. The maximum atomic E-state index is 6.20. The van der Waals surface area contributed by atoms with Crippen molar-refractivity contribution in [2.24, 2.45) is 5.92 Å². The molecule has 5 nitrogen and oxygen atoms in total.